The average molecular weight is 366 g/mol. The van der Waals surface area contributed by atoms with Crippen LogP contribution in [0.4, 0.5) is 0 Å². The normalized spacial score (nSPS) is 11.9. The van der Waals surface area contributed by atoms with Gasteiger partial charge in [0.1, 0.15) is 12.7 Å². The van der Waals surface area contributed by atoms with Crippen molar-refractivity contribution in [1.82, 2.24) is 15.0 Å². The molecule has 0 spiro atoms. The summed E-state index contributed by atoms with van der Waals surface area (Å²) in [6, 6.07) is 7.33. The van der Waals surface area contributed by atoms with Crippen LogP contribution in [0.25, 0.3) is 22.3 Å². The van der Waals surface area contributed by atoms with E-state index in [-0.39, 0.29) is 0 Å². The molecule has 0 saturated carbocycles. The van der Waals surface area contributed by atoms with Crippen LogP contribution < -0.4 is 5.44 Å². The molecule has 3 aromatic heterocycles. The maximum atomic E-state index is 12.0. The third-order valence-corrected chi connectivity index (χ3v) is 5.77. The van der Waals surface area contributed by atoms with E-state index in [0.717, 1.165) is 5.56 Å². The first-order valence-electron chi connectivity index (χ1n) is 6.91. The molecule has 118 valence electrons. The summed E-state index contributed by atoms with van der Waals surface area (Å²) in [6.07, 6.45) is 1.67. The number of aromatic nitrogens is 3. The van der Waals surface area contributed by atoms with Crippen molar-refractivity contribution in [3.05, 3.63) is 46.2 Å². The van der Waals surface area contributed by atoms with Crippen LogP contribution in [0.3, 0.4) is 0 Å². The van der Waals surface area contributed by atoms with Crippen LogP contribution in [0.2, 0.25) is 10.0 Å². The number of halogens is 2. The Hall–Kier alpha value is -1.48. The second-order valence-electron chi connectivity index (χ2n) is 5.65. The zero-order valence-electron chi connectivity index (χ0n) is 12.8. The Morgan fingerprint density at radius 2 is 1.74 bits per heavy atom. The zero-order chi connectivity index (χ0) is 16.8. The van der Waals surface area contributed by atoms with Crippen LogP contribution in [-0.4, -0.2) is 28.3 Å². The molecule has 0 atom stereocenters. The lowest BCUT2D eigenvalue weighted by Crippen LogP contribution is -2.07. The van der Waals surface area contributed by atoms with Gasteiger partial charge in [-0.1, -0.05) is 23.2 Å². The quantitative estimate of drug-likeness (QED) is 0.624. The Labute approximate surface area is 144 Å². The lowest BCUT2D eigenvalue weighted by Gasteiger charge is -2.09. The largest absolute Gasteiger partial charge is 0.318 e. The predicted molar refractivity (Wildman–Crippen MR) is 96.6 cm³/mol. The third kappa shape index (κ3) is 3.12. The van der Waals surface area contributed by atoms with E-state index in [4.69, 9.17) is 23.2 Å². The molecule has 0 aromatic carbocycles. The molecule has 0 fully saturated rings. The highest BCUT2D eigenvalue weighted by Crippen LogP contribution is 2.34. The first-order chi connectivity index (χ1) is 10.8. The molecule has 3 aromatic rings. The molecule has 0 aliphatic rings. The minimum absolute atomic E-state index is 0.396. The van der Waals surface area contributed by atoms with Gasteiger partial charge in [-0.15, -0.1) is 0 Å². The first kappa shape index (κ1) is 16.4. The number of hydrogen-bond acceptors (Lipinski definition) is 4. The van der Waals surface area contributed by atoms with Gasteiger partial charge in [0.15, 0.2) is 0 Å². The summed E-state index contributed by atoms with van der Waals surface area (Å²) >= 11 is 12.4. The van der Waals surface area contributed by atoms with Crippen molar-refractivity contribution in [3.63, 3.8) is 0 Å². The van der Waals surface area contributed by atoms with Gasteiger partial charge in [-0.3, -0.25) is 4.98 Å². The van der Waals surface area contributed by atoms with Gasteiger partial charge in [0.05, 0.1) is 32.4 Å². The summed E-state index contributed by atoms with van der Waals surface area (Å²) in [6.45, 7) is 5.19. The van der Waals surface area contributed by atoms with E-state index in [1.807, 2.05) is 18.2 Å². The van der Waals surface area contributed by atoms with Crippen molar-refractivity contribution in [3.8, 4) is 11.3 Å². The van der Waals surface area contributed by atoms with Crippen LogP contribution in [0.1, 0.15) is 5.69 Å². The van der Waals surface area contributed by atoms with Crippen molar-refractivity contribution in [2.45, 2.75) is 6.92 Å². The molecule has 0 aliphatic carbocycles. The van der Waals surface area contributed by atoms with Crippen molar-refractivity contribution in [2.24, 2.45) is 0 Å². The SMILES string of the molecule is Cc1nc2ccc(-c3ccc(P(C)(C)=O)nc3)nc2c(Cl)c1Cl. The van der Waals surface area contributed by atoms with Gasteiger partial charge in [-0.25, -0.2) is 9.97 Å². The van der Waals surface area contributed by atoms with Crippen molar-refractivity contribution >= 4 is 46.8 Å². The molecule has 0 saturated heterocycles. The molecule has 0 N–H and O–H groups in total. The molecule has 0 radical (unpaired) electrons. The molecule has 23 heavy (non-hydrogen) atoms. The number of aryl methyl sites for hydroxylation is 1. The van der Waals surface area contributed by atoms with E-state index in [0.29, 0.717) is 37.9 Å². The van der Waals surface area contributed by atoms with E-state index in [2.05, 4.69) is 15.0 Å². The highest BCUT2D eigenvalue weighted by Gasteiger charge is 2.14. The number of nitrogens with zero attached hydrogens (tertiary/aromatic N) is 3. The number of rotatable bonds is 2. The highest BCUT2D eigenvalue weighted by molar-refractivity contribution is 7.69. The Morgan fingerprint density at radius 1 is 1.00 bits per heavy atom. The molecular formula is C16H14Cl2N3OP. The third-order valence-electron chi connectivity index (χ3n) is 3.48. The molecule has 7 heteroatoms. The topological polar surface area (TPSA) is 55.7 Å². The maximum Gasteiger partial charge on any atom is 0.127 e. The molecule has 3 heterocycles. The number of fused-ring (bicyclic) bond motifs is 1. The van der Waals surface area contributed by atoms with Gasteiger partial charge >= 0.3 is 0 Å². The summed E-state index contributed by atoms with van der Waals surface area (Å²) in [5.74, 6) is 0. The number of hydrogen-bond donors (Lipinski definition) is 0. The van der Waals surface area contributed by atoms with Crippen molar-refractivity contribution in [1.29, 1.82) is 0 Å². The fraction of sp³-hybridized carbons (Fsp3) is 0.188. The second kappa shape index (κ2) is 5.86. The van der Waals surface area contributed by atoms with E-state index in [9.17, 15) is 4.57 Å². The van der Waals surface area contributed by atoms with Crippen LogP contribution in [0.15, 0.2) is 30.5 Å². The monoisotopic (exact) mass is 365 g/mol. The Kier molecular flexibility index (Phi) is 4.18. The number of pyridine rings is 3. The Bertz CT molecular complexity index is 952. The summed E-state index contributed by atoms with van der Waals surface area (Å²) < 4.78 is 12.0. The summed E-state index contributed by atoms with van der Waals surface area (Å²) in [7, 11) is -2.37. The van der Waals surface area contributed by atoms with Gasteiger partial charge in [0.2, 0.25) is 0 Å². The van der Waals surface area contributed by atoms with Gasteiger partial charge in [-0.2, -0.15) is 0 Å². The fourth-order valence-electron chi connectivity index (χ4n) is 2.21. The Morgan fingerprint density at radius 3 is 2.35 bits per heavy atom. The zero-order valence-corrected chi connectivity index (χ0v) is 15.2. The minimum atomic E-state index is -2.37. The Balaban J connectivity index is 2.12. The lowest BCUT2D eigenvalue weighted by molar-refractivity contribution is 0.588. The highest BCUT2D eigenvalue weighted by atomic mass is 35.5. The first-order valence-corrected chi connectivity index (χ1v) is 10.3. The molecule has 0 bridgehead atoms. The van der Waals surface area contributed by atoms with E-state index in [1.165, 1.54) is 0 Å². The molecule has 3 rings (SSSR count). The molecule has 0 amide bonds. The van der Waals surface area contributed by atoms with Crippen LogP contribution in [-0.2, 0) is 4.57 Å². The molecule has 0 aliphatic heterocycles. The van der Waals surface area contributed by atoms with Gasteiger partial charge in [-0.05, 0) is 44.5 Å². The van der Waals surface area contributed by atoms with Crippen LogP contribution in [0.5, 0.6) is 0 Å². The van der Waals surface area contributed by atoms with Gasteiger partial charge in [0, 0.05) is 11.8 Å². The molecule has 0 unspecified atom stereocenters. The van der Waals surface area contributed by atoms with E-state index >= 15 is 0 Å². The molecular weight excluding hydrogens is 352 g/mol. The minimum Gasteiger partial charge on any atom is -0.318 e. The van der Waals surface area contributed by atoms with Crippen LogP contribution >= 0.6 is 30.3 Å². The lowest BCUT2D eigenvalue weighted by atomic mass is 10.1. The van der Waals surface area contributed by atoms with E-state index < -0.39 is 7.14 Å². The maximum absolute atomic E-state index is 12.0. The smallest absolute Gasteiger partial charge is 0.127 e. The van der Waals surface area contributed by atoms with Crippen molar-refractivity contribution in [2.75, 3.05) is 13.3 Å². The average Bonchev–Trinajstić information content (AvgIpc) is 2.52. The summed E-state index contributed by atoms with van der Waals surface area (Å²) in [5.41, 5.74) is 4.04. The van der Waals surface area contributed by atoms with Gasteiger partial charge in [0.25, 0.3) is 0 Å². The summed E-state index contributed by atoms with van der Waals surface area (Å²) in [5, 5.41) is 0.808. The predicted octanol–water partition coefficient (Wildman–Crippen LogP) is 4.56. The standard InChI is InChI=1S/C16H14Cl2N3OP/c1-9-14(17)15(18)16-12(20-9)6-5-11(21-16)10-4-7-13(19-8-10)23(2,3)22/h4-8H,1-3H3. The molecule has 4 nitrogen and oxygen atoms in total. The fourth-order valence-corrected chi connectivity index (χ4v) is 3.39. The van der Waals surface area contributed by atoms with E-state index in [1.54, 1.807) is 32.5 Å². The van der Waals surface area contributed by atoms with Crippen LogP contribution in [0, 0.1) is 6.92 Å². The second-order valence-corrected chi connectivity index (χ2v) is 9.56. The van der Waals surface area contributed by atoms with Gasteiger partial charge < -0.3 is 4.57 Å². The van der Waals surface area contributed by atoms with Crippen molar-refractivity contribution < 1.29 is 4.57 Å². The summed E-state index contributed by atoms with van der Waals surface area (Å²) in [4.78, 5) is 13.2.